The first-order chi connectivity index (χ1) is 16.7. The summed E-state index contributed by atoms with van der Waals surface area (Å²) in [7, 11) is 0. The molecule has 4 aromatic rings. The summed E-state index contributed by atoms with van der Waals surface area (Å²) in [6.45, 7) is -0.376. The summed E-state index contributed by atoms with van der Waals surface area (Å²) in [5, 5.41) is 9.80. The van der Waals surface area contributed by atoms with Crippen molar-refractivity contribution in [2.75, 3.05) is 5.32 Å². The van der Waals surface area contributed by atoms with Crippen molar-refractivity contribution in [1.82, 2.24) is 19.6 Å². The Morgan fingerprint density at radius 2 is 1.94 bits per heavy atom. The molecule has 0 saturated carbocycles. The molecule has 0 radical (unpaired) electrons. The lowest BCUT2D eigenvalue weighted by molar-refractivity contribution is 0.0994. The van der Waals surface area contributed by atoms with E-state index in [9.17, 15) is 22.4 Å². The van der Waals surface area contributed by atoms with Crippen LogP contribution in [0.4, 0.5) is 23.2 Å². The van der Waals surface area contributed by atoms with E-state index in [1.165, 1.54) is 29.2 Å². The molecule has 0 saturated heterocycles. The van der Waals surface area contributed by atoms with Crippen molar-refractivity contribution in [3.8, 4) is 5.75 Å². The van der Waals surface area contributed by atoms with E-state index in [2.05, 4.69) is 15.5 Å². The van der Waals surface area contributed by atoms with Crippen molar-refractivity contribution < 1.29 is 31.5 Å². The third kappa shape index (κ3) is 5.77. The van der Waals surface area contributed by atoms with Gasteiger partial charge in [-0.25, -0.2) is 22.2 Å². The average molecular weight is 532 g/mol. The van der Waals surface area contributed by atoms with Crippen molar-refractivity contribution in [2.24, 2.45) is 0 Å². The third-order valence-electron chi connectivity index (χ3n) is 4.61. The highest BCUT2D eigenvalue weighted by Crippen LogP contribution is 2.35. The lowest BCUT2D eigenvalue weighted by Crippen LogP contribution is -2.11. The van der Waals surface area contributed by atoms with E-state index in [-0.39, 0.29) is 18.3 Å². The summed E-state index contributed by atoms with van der Waals surface area (Å²) in [6.07, 6.45) is -3.37. The van der Waals surface area contributed by atoms with Crippen molar-refractivity contribution in [1.29, 1.82) is 0 Å². The molecule has 0 atom stereocenters. The second-order valence-corrected chi connectivity index (χ2v) is 7.88. The van der Waals surface area contributed by atoms with Crippen molar-refractivity contribution >= 4 is 34.8 Å². The van der Waals surface area contributed by atoms with Gasteiger partial charge in [0.25, 0.3) is 18.8 Å². The maximum atomic E-state index is 13.3. The molecule has 0 spiro atoms. The number of hydrogen-bond acceptors (Lipinski definition) is 5. The predicted molar refractivity (Wildman–Crippen MR) is 117 cm³/mol. The normalized spacial score (nSPS) is 11.4. The average Bonchev–Trinajstić information content (AvgIpc) is 3.52. The number of nitrogens with zero attached hydrogens (tertiary/aromatic N) is 4. The Morgan fingerprint density at radius 3 is 2.66 bits per heavy atom. The fraction of sp³-hybridized carbons (Fsp3) is 0.190. The second kappa shape index (κ2) is 10.4. The molecule has 3 aromatic heterocycles. The number of hydrogen-bond donors (Lipinski definition) is 1. The summed E-state index contributed by atoms with van der Waals surface area (Å²) in [5.41, 5.74) is -1.48. The molecule has 0 bridgehead atoms. The molecule has 35 heavy (non-hydrogen) atoms. The van der Waals surface area contributed by atoms with E-state index in [4.69, 9.17) is 32.4 Å². The highest BCUT2D eigenvalue weighted by atomic mass is 35.5. The summed E-state index contributed by atoms with van der Waals surface area (Å²) >= 11 is 11.5. The topological polar surface area (TPSA) is 87.1 Å². The van der Waals surface area contributed by atoms with Gasteiger partial charge in [-0.1, -0.05) is 29.3 Å². The summed E-state index contributed by atoms with van der Waals surface area (Å²) in [6, 6.07) is 9.44. The molecular formula is C21H15Cl2F4N5O3. The molecule has 1 amide bonds. The number of rotatable bonds is 9. The Hall–Kier alpha value is -3.51. The maximum absolute atomic E-state index is 13.3. The second-order valence-electron chi connectivity index (χ2n) is 7.06. The molecule has 4 rings (SSSR count). The number of anilines is 1. The highest BCUT2D eigenvalue weighted by Gasteiger charge is 2.28. The number of halogens is 6. The van der Waals surface area contributed by atoms with E-state index in [1.54, 1.807) is 24.3 Å². The zero-order valence-electron chi connectivity index (χ0n) is 17.5. The molecule has 0 aliphatic rings. The van der Waals surface area contributed by atoms with Gasteiger partial charge in [0.15, 0.2) is 12.5 Å². The van der Waals surface area contributed by atoms with Gasteiger partial charge < -0.3 is 14.5 Å². The molecule has 8 nitrogen and oxygen atoms in total. The van der Waals surface area contributed by atoms with Gasteiger partial charge in [0.05, 0.1) is 29.6 Å². The predicted octanol–water partition coefficient (Wildman–Crippen LogP) is 6.19. The van der Waals surface area contributed by atoms with Gasteiger partial charge in [0, 0.05) is 5.02 Å². The molecule has 0 aliphatic carbocycles. The van der Waals surface area contributed by atoms with Crippen LogP contribution in [0.15, 0.2) is 53.2 Å². The molecular weight excluding hydrogens is 517 g/mol. The lowest BCUT2D eigenvalue weighted by Gasteiger charge is -2.06. The van der Waals surface area contributed by atoms with E-state index in [0.717, 1.165) is 0 Å². The number of amides is 1. The summed E-state index contributed by atoms with van der Waals surface area (Å²) in [5.74, 6) is -0.222. The number of carbonyl (C=O) groups is 1. The zero-order chi connectivity index (χ0) is 25.1. The quantitative estimate of drug-likeness (QED) is 0.260. The van der Waals surface area contributed by atoms with Gasteiger partial charge in [-0.2, -0.15) is 10.2 Å². The van der Waals surface area contributed by atoms with Gasteiger partial charge in [-0.05, 0) is 30.3 Å². The van der Waals surface area contributed by atoms with Gasteiger partial charge in [0.1, 0.15) is 22.9 Å². The van der Waals surface area contributed by atoms with E-state index in [0.29, 0.717) is 21.1 Å². The number of furan rings is 1. The standard InChI is InChI=1S/C21H15Cl2F4N5O3/c22-11-2-1-3-13(6-11)34-10-31-8-12(7-28-31)29-21(33)15-5-4-14(35-15)9-32-18(20(26)27)16(23)17(30-32)19(24)25/h1-8,19-20H,9-10H2,(H,29,33). The van der Waals surface area contributed by atoms with Crippen LogP contribution in [0, 0.1) is 0 Å². The Balaban J connectivity index is 1.39. The van der Waals surface area contributed by atoms with E-state index in [1.807, 2.05) is 0 Å². The lowest BCUT2D eigenvalue weighted by atomic mass is 10.3. The fourth-order valence-corrected chi connectivity index (χ4v) is 3.54. The number of carbonyl (C=O) groups excluding carboxylic acids is 1. The first kappa shape index (κ1) is 24.6. The van der Waals surface area contributed by atoms with Crippen LogP contribution in [0.2, 0.25) is 10.0 Å². The molecule has 14 heteroatoms. The van der Waals surface area contributed by atoms with Crippen LogP contribution >= 0.6 is 23.2 Å². The SMILES string of the molecule is O=C(Nc1cnn(COc2cccc(Cl)c2)c1)c1ccc(Cn2nc(C(F)F)c(Cl)c2C(F)F)o1. The molecule has 1 aromatic carbocycles. The number of alkyl halides is 4. The molecule has 3 heterocycles. The van der Waals surface area contributed by atoms with E-state index >= 15 is 0 Å². The van der Waals surface area contributed by atoms with Gasteiger partial charge in [-0.3, -0.25) is 9.48 Å². The van der Waals surface area contributed by atoms with Gasteiger partial charge >= 0.3 is 0 Å². The molecule has 184 valence electrons. The Bertz CT molecular complexity index is 1340. The first-order valence-corrected chi connectivity index (χ1v) is 10.6. The van der Waals surface area contributed by atoms with Crippen LogP contribution in [0.25, 0.3) is 0 Å². The number of ether oxygens (including phenoxy) is 1. The third-order valence-corrected chi connectivity index (χ3v) is 5.23. The number of nitrogens with one attached hydrogen (secondary N) is 1. The van der Waals surface area contributed by atoms with Crippen molar-refractivity contribution in [3.63, 3.8) is 0 Å². The Labute approximate surface area is 205 Å². The van der Waals surface area contributed by atoms with Crippen LogP contribution < -0.4 is 10.1 Å². The first-order valence-electron chi connectivity index (χ1n) is 9.84. The number of aromatic nitrogens is 4. The highest BCUT2D eigenvalue weighted by molar-refractivity contribution is 6.32. The zero-order valence-corrected chi connectivity index (χ0v) is 19.0. The molecule has 0 fully saturated rings. The Morgan fingerprint density at radius 1 is 1.14 bits per heavy atom. The number of benzene rings is 1. The fourth-order valence-electron chi connectivity index (χ4n) is 3.06. The summed E-state index contributed by atoms with van der Waals surface area (Å²) < 4.78 is 65.6. The minimum Gasteiger partial charge on any atom is -0.471 e. The van der Waals surface area contributed by atoms with Gasteiger partial charge in [0.2, 0.25) is 0 Å². The molecule has 0 unspecified atom stereocenters. The maximum Gasteiger partial charge on any atom is 0.291 e. The smallest absolute Gasteiger partial charge is 0.291 e. The molecule has 1 N–H and O–H groups in total. The van der Waals surface area contributed by atoms with Crippen LogP contribution in [-0.4, -0.2) is 25.5 Å². The van der Waals surface area contributed by atoms with Crippen LogP contribution in [0.1, 0.15) is 40.6 Å². The van der Waals surface area contributed by atoms with Crippen LogP contribution in [0.5, 0.6) is 5.75 Å². The van der Waals surface area contributed by atoms with Gasteiger partial charge in [-0.15, -0.1) is 0 Å². The largest absolute Gasteiger partial charge is 0.471 e. The Kier molecular flexibility index (Phi) is 7.31. The minimum atomic E-state index is -3.14. The van der Waals surface area contributed by atoms with Crippen LogP contribution in [0.3, 0.4) is 0 Å². The van der Waals surface area contributed by atoms with Crippen LogP contribution in [-0.2, 0) is 13.3 Å². The van der Waals surface area contributed by atoms with Crippen molar-refractivity contribution in [2.45, 2.75) is 26.1 Å². The molecule has 0 aliphatic heterocycles. The summed E-state index contributed by atoms with van der Waals surface area (Å²) in [4.78, 5) is 12.5. The van der Waals surface area contributed by atoms with Crippen molar-refractivity contribution in [3.05, 3.63) is 81.7 Å². The van der Waals surface area contributed by atoms with E-state index < -0.39 is 41.7 Å². The minimum absolute atomic E-state index is 0.0302. The monoisotopic (exact) mass is 531 g/mol.